The van der Waals surface area contributed by atoms with Crippen LogP contribution in [-0.2, 0) is 14.3 Å². The van der Waals surface area contributed by atoms with E-state index in [9.17, 15) is 9.59 Å². The second kappa shape index (κ2) is 7.64. The van der Waals surface area contributed by atoms with E-state index in [1.807, 2.05) is 69.9 Å². The molecule has 0 N–H and O–H groups in total. The van der Waals surface area contributed by atoms with Gasteiger partial charge in [0.15, 0.2) is 0 Å². The van der Waals surface area contributed by atoms with Crippen LogP contribution in [0.4, 0.5) is 0 Å². The van der Waals surface area contributed by atoms with Gasteiger partial charge >= 0.3 is 5.97 Å². The summed E-state index contributed by atoms with van der Waals surface area (Å²) in [5, 5.41) is 0. The molecule has 4 nitrogen and oxygen atoms in total. The zero-order chi connectivity index (χ0) is 18.8. The second-order valence-electron chi connectivity index (χ2n) is 8.00. The summed E-state index contributed by atoms with van der Waals surface area (Å²) in [6.07, 6.45) is 0.688. The van der Waals surface area contributed by atoms with Crippen LogP contribution in [0.1, 0.15) is 52.6 Å². The minimum absolute atomic E-state index is 0.0568. The molecule has 0 radical (unpaired) electrons. The molecule has 0 aliphatic carbocycles. The monoisotopic (exact) mass is 457 g/mol. The van der Waals surface area contributed by atoms with E-state index in [2.05, 4.69) is 22.6 Å². The molecule has 1 saturated heterocycles. The van der Waals surface area contributed by atoms with Crippen molar-refractivity contribution in [3.8, 4) is 0 Å². The van der Waals surface area contributed by atoms with Gasteiger partial charge in [-0.1, -0.05) is 52.9 Å². The van der Waals surface area contributed by atoms with E-state index in [1.54, 1.807) is 0 Å². The summed E-state index contributed by atoms with van der Waals surface area (Å²) in [6.45, 7) is 9.90. The molecule has 138 valence electrons. The Hall–Kier alpha value is -1.11. The Kier molecular flexibility index (Phi) is 6.17. The van der Waals surface area contributed by atoms with E-state index < -0.39 is 11.0 Å². The third kappa shape index (κ3) is 4.36. The fourth-order valence-electron chi connectivity index (χ4n) is 3.41. The lowest BCUT2D eigenvalue weighted by molar-refractivity contribution is -0.169. The van der Waals surface area contributed by atoms with Crippen molar-refractivity contribution in [1.29, 1.82) is 0 Å². The second-order valence-corrected chi connectivity index (χ2v) is 9.08. The maximum absolute atomic E-state index is 13.1. The number of nitrogens with zero attached hydrogens (tertiary/aromatic N) is 1. The van der Waals surface area contributed by atoms with Gasteiger partial charge in [-0.25, -0.2) is 0 Å². The van der Waals surface area contributed by atoms with Gasteiger partial charge in [-0.2, -0.15) is 0 Å². The molecule has 1 heterocycles. The first kappa shape index (κ1) is 20.2. The highest BCUT2D eigenvalue weighted by molar-refractivity contribution is 14.1. The van der Waals surface area contributed by atoms with E-state index in [-0.39, 0.29) is 23.8 Å². The third-order valence-electron chi connectivity index (χ3n) is 4.86. The first-order valence-corrected chi connectivity index (χ1v) is 10.3. The Morgan fingerprint density at radius 3 is 2.48 bits per heavy atom. The van der Waals surface area contributed by atoms with Crippen molar-refractivity contribution in [1.82, 2.24) is 4.90 Å². The van der Waals surface area contributed by atoms with Gasteiger partial charge in [0, 0.05) is 11.0 Å². The van der Waals surface area contributed by atoms with Crippen LogP contribution in [-0.4, -0.2) is 33.3 Å². The van der Waals surface area contributed by atoms with Crippen LogP contribution >= 0.6 is 22.6 Å². The van der Waals surface area contributed by atoms with Gasteiger partial charge in [-0.15, -0.1) is 0 Å². The lowest BCUT2D eigenvalue weighted by Gasteiger charge is -2.31. The predicted octanol–water partition coefficient (Wildman–Crippen LogP) is 4.38. The highest BCUT2D eigenvalue weighted by atomic mass is 127. The Morgan fingerprint density at radius 1 is 1.36 bits per heavy atom. The average Bonchev–Trinajstić information content (AvgIpc) is 2.80. The summed E-state index contributed by atoms with van der Waals surface area (Å²) in [5.41, 5.74) is -0.285. The van der Waals surface area contributed by atoms with E-state index in [1.165, 1.54) is 0 Å². The number of amides is 1. The maximum Gasteiger partial charge on any atom is 0.314 e. The van der Waals surface area contributed by atoms with E-state index in [0.717, 1.165) is 9.99 Å². The van der Waals surface area contributed by atoms with E-state index in [4.69, 9.17) is 4.74 Å². The molecular formula is C20H28INO3. The molecule has 0 saturated carbocycles. The number of rotatable bonds is 5. The molecule has 2 rings (SSSR count). The largest absolute Gasteiger partial charge is 0.459 e. The number of alkyl halides is 1. The Morgan fingerprint density at radius 2 is 1.96 bits per heavy atom. The van der Waals surface area contributed by atoms with Crippen molar-refractivity contribution in [2.45, 2.75) is 52.7 Å². The SMILES string of the molecule is C[C@H](c1ccccc1)N1C[C@@](C)(C(=O)OC(C)(C)C)C(CCI)C1=O. The standard InChI is InChI=1S/C20H28INO3/c1-14(15-9-7-6-8-10-15)22-13-20(5,16(11-12-21)17(22)23)18(24)25-19(2,3)4/h6-10,14,16H,11-13H2,1-5H3/t14-,16?,20-/m1/s1. The Bertz CT molecular complexity index is 626. The van der Waals surface area contributed by atoms with Gasteiger partial charge in [-0.05, 0) is 46.6 Å². The van der Waals surface area contributed by atoms with Crippen LogP contribution < -0.4 is 0 Å². The summed E-state index contributed by atoms with van der Waals surface area (Å²) >= 11 is 2.27. The zero-order valence-corrected chi connectivity index (χ0v) is 17.9. The highest BCUT2D eigenvalue weighted by Gasteiger charge is 2.55. The first-order chi connectivity index (χ1) is 11.6. The average molecular weight is 457 g/mol. The van der Waals surface area contributed by atoms with Crippen LogP contribution in [0.5, 0.6) is 0 Å². The molecule has 5 heteroatoms. The number of hydrogen-bond acceptors (Lipinski definition) is 3. The molecule has 1 aromatic carbocycles. The summed E-state index contributed by atoms with van der Waals surface area (Å²) in [4.78, 5) is 27.9. The number of benzene rings is 1. The molecule has 25 heavy (non-hydrogen) atoms. The van der Waals surface area contributed by atoms with Crippen LogP contribution in [0, 0.1) is 11.3 Å². The normalized spacial score (nSPS) is 25.1. The van der Waals surface area contributed by atoms with Gasteiger partial charge in [0.05, 0.1) is 17.4 Å². The third-order valence-corrected chi connectivity index (χ3v) is 5.48. The fourth-order valence-corrected chi connectivity index (χ4v) is 4.03. The number of ether oxygens (including phenoxy) is 1. The maximum atomic E-state index is 13.1. The Balaban J connectivity index is 2.31. The van der Waals surface area contributed by atoms with Crippen LogP contribution in [0.25, 0.3) is 0 Å². The van der Waals surface area contributed by atoms with Gasteiger partial charge in [0.25, 0.3) is 0 Å². The van der Waals surface area contributed by atoms with Crippen molar-refractivity contribution in [2.24, 2.45) is 11.3 Å². The highest BCUT2D eigenvalue weighted by Crippen LogP contribution is 2.44. The first-order valence-electron chi connectivity index (χ1n) is 8.75. The summed E-state index contributed by atoms with van der Waals surface area (Å²) in [5.74, 6) is -0.544. The number of carbonyl (C=O) groups excluding carboxylic acids is 2. The topological polar surface area (TPSA) is 46.6 Å². The molecule has 0 bridgehead atoms. The summed E-state index contributed by atoms with van der Waals surface area (Å²) in [7, 11) is 0. The zero-order valence-electron chi connectivity index (χ0n) is 15.7. The number of esters is 1. The molecule has 1 unspecified atom stereocenters. The minimum Gasteiger partial charge on any atom is -0.459 e. The number of halogens is 1. The molecule has 3 atom stereocenters. The molecule has 0 aromatic heterocycles. The lowest BCUT2D eigenvalue weighted by Crippen LogP contribution is -2.41. The van der Waals surface area contributed by atoms with E-state index >= 15 is 0 Å². The minimum atomic E-state index is -0.807. The summed E-state index contributed by atoms with van der Waals surface area (Å²) in [6, 6.07) is 9.90. The van der Waals surface area contributed by atoms with Gasteiger partial charge in [0.1, 0.15) is 5.60 Å². The quantitative estimate of drug-likeness (QED) is 0.375. The molecule has 1 fully saturated rings. The van der Waals surface area contributed by atoms with E-state index in [0.29, 0.717) is 13.0 Å². The number of likely N-dealkylation sites (tertiary alicyclic amines) is 1. The van der Waals surface area contributed by atoms with Crippen molar-refractivity contribution < 1.29 is 14.3 Å². The fraction of sp³-hybridized carbons (Fsp3) is 0.600. The predicted molar refractivity (Wildman–Crippen MR) is 108 cm³/mol. The van der Waals surface area contributed by atoms with Gasteiger partial charge in [0.2, 0.25) is 5.91 Å². The molecular weight excluding hydrogens is 429 g/mol. The van der Waals surface area contributed by atoms with Crippen molar-refractivity contribution in [3.05, 3.63) is 35.9 Å². The number of carbonyl (C=O) groups is 2. The Labute approximate surface area is 164 Å². The van der Waals surface area contributed by atoms with Crippen LogP contribution in [0.2, 0.25) is 0 Å². The molecule has 0 spiro atoms. The van der Waals surface area contributed by atoms with Crippen molar-refractivity contribution in [3.63, 3.8) is 0 Å². The lowest BCUT2D eigenvalue weighted by atomic mass is 9.78. The molecule has 1 aliphatic heterocycles. The van der Waals surface area contributed by atoms with Gasteiger partial charge in [-0.3, -0.25) is 9.59 Å². The smallest absolute Gasteiger partial charge is 0.314 e. The molecule has 1 aromatic rings. The summed E-state index contributed by atoms with van der Waals surface area (Å²) < 4.78 is 6.50. The molecule has 1 amide bonds. The van der Waals surface area contributed by atoms with Gasteiger partial charge < -0.3 is 9.64 Å². The van der Waals surface area contributed by atoms with Crippen LogP contribution in [0.3, 0.4) is 0 Å². The number of hydrogen-bond donors (Lipinski definition) is 0. The molecule has 1 aliphatic rings. The van der Waals surface area contributed by atoms with Crippen molar-refractivity contribution >= 4 is 34.5 Å². The van der Waals surface area contributed by atoms with Crippen LogP contribution in [0.15, 0.2) is 30.3 Å². The van der Waals surface area contributed by atoms with Crippen molar-refractivity contribution in [2.75, 3.05) is 11.0 Å².